The second-order valence-electron chi connectivity index (χ2n) is 4.44. The minimum absolute atomic E-state index is 0.552. The third-order valence-corrected chi connectivity index (χ3v) is 2.91. The van der Waals surface area contributed by atoms with Gasteiger partial charge in [-0.25, -0.2) is 4.57 Å². The Balaban J connectivity index is 2.60. The molecule has 2 rings (SSSR count). The highest BCUT2D eigenvalue weighted by atomic mass is 14.9. The van der Waals surface area contributed by atoms with Crippen molar-refractivity contribution in [1.82, 2.24) is 0 Å². The average molecular weight is 212 g/mol. The summed E-state index contributed by atoms with van der Waals surface area (Å²) in [6.07, 6.45) is 2.09. The van der Waals surface area contributed by atoms with E-state index in [1.165, 1.54) is 16.8 Å². The van der Waals surface area contributed by atoms with Crippen LogP contribution in [0.1, 0.15) is 25.3 Å². The highest BCUT2D eigenvalue weighted by molar-refractivity contribution is 5.61. The van der Waals surface area contributed by atoms with Crippen LogP contribution in [0, 0.1) is 0 Å². The van der Waals surface area contributed by atoms with E-state index in [9.17, 15) is 0 Å². The van der Waals surface area contributed by atoms with E-state index in [1.54, 1.807) is 0 Å². The Morgan fingerprint density at radius 3 is 2.31 bits per heavy atom. The molecule has 0 aliphatic carbocycles. The van der Waals surface area contributed by atoms with Gasteiger partial charge < -0.3 is 0 Å². The summed E-state index contributed by atoms with van der Waals surface area (Å²) in [5, 5.41) is 0. The maximum atomic E-state index is 2.24. The summed E-state index contributed by atoms with van der Waals surface area (Å²) in [4.78, 5) is 0. The Morgan fingerprint density at radius 1 is 0.938 bits per heavy atom. The van der Waals surface area contributed by atoms with Crippen molar-refractivity contribution in [2.24, 2.45) is 7.05 Å². The first-order chi connectivity index (χ1) is 7.70. The van der Waals surface area contributed by atoms with Crippen LogP contribution in [0.3, 0.4) is 0 Å². The molecule has 0 bridgehead atoms. The van der Waals surface area contributed by atoms with Gasteiger partial charge in [0.1, 0.15) is 7.05 Å². The number of nitrogens with zero attached hydrogens (tertiary/aromatic N) is 1. The monoisotopic (exact) mass is 212 g/mol. The van der Waals surface area contributed by atoms with Gasteiger partial charge in [0.25, 0.3) is 0 Å². The molecule has 1 aromatic heterocycles. The second kappa shape index (κ2) is 4.48. The molecule has 0 saturated carbocycles. The van der Waals surface area contributed by atoms with Crippen LogP contribution in [0.4, 0.5) is 0 Å². The van der Waals surface area contributed by atoms with Gasteiger partial charge in [-0.05, 0) is 23.6 Å². The van der Waals surface area contributed by atoms with Crippen molar-refractivity contribution in [3.8, 4) is 11.3 Å². The summed E-state index contributed by atoms with van der Waals surface area (Å²) in [6.45, 7) is 4.48. The molecule has 16 heavy (non-hydrogen) atoms. The molecule has 0 atom stereocenters. The molecule has 0 aliphatic heterocycles. The number of pyridine rings is 1. The second-order valence-corrected chi connectivity index (χ2v) is 4.44. The van der Waals surface area contributed by atoms with Crippen LogP contribution in [0.2, 0.25) is 0 Å². The SMILES string of the molecule is CC(C)c1ccccc1-c1cccc[n+]1C. The number of hydrogen-bond acceptors (Lipinski definition) is 0. The van der Waals surface area contributed by atoms with Gasteiger partial charge in [0.2, 0.25) is 5.69 Å². The van der Waals surface area contributed by atoms with Gasteiger partial charge in [-0.2, -0.15) is 0 Å². The van der Waals surface area contributed by atoms with Gasteiger partial charge in [0.15, 0.2) is 6.20 Å². The molecule has 82 valence electrons. The smallest absolute Gasteiger partial charge is 0.201 e. The van der Waals surface area contributed by atoms with Crippen LogP contribution >= 0.6 is 0 Å². The summed E-state index contributed by atoms with van der Waals surface area (Å²) in [7, 11) is 2.09. The van der Waals surface area contributed by atoms with Crippen molar-refractivity contribution < 1.29 is 4.57 Å². The lowest BCUT2D eigenvalue weighted by molar-refractivity contribution is -0.660. The third kappa shape index (κ3) is 1.99. The molecule has 1 aromatic carbocycles. The highest BCUT2D eigenvalue weighted by Gasteiger charge is 2.14. The first-order valence-corrected chi connectivity index (χ1v) is 5.74. The quantitative estimate of drug-likeness (QED) is 0.672. The van der Waals surface area contributed by atoms with E-state index in [4.69, 9.17) is 0 Å². The molecule has 1 nitrogen and oxygen atoms in total. The van der Waals surface area contributed by atoms with E-state index in [2.05, 4.69) is 74.1 Å². The largest absolute Gasteiger partial charge is 0.212 e. The van der Waals surface area contributed by atoms with E-state index in [0.717, 1.165) is 0 Å². The fourth-order valence-corrected chi connectivity index (χ4v) is 2.04. The van der Waals surface area contributed by atoms with Crippen molar-refractivity contribution >= 4 is 0 Å². The van der Waals surface area contributed by atoms with E-state index in [0.29, 0.717) is 5.92 Å². The first kappa shape index (κ1) is 10.9. The molecule has 0 radical (unpaired) electrons. The molecular weight excluding hydrogens is 194 g/mol. The van der Waals surface area contributed by atoms with Gasteiger partial charge >= 0.3 is 0 Å². The molecule has 0 amide bonds. The van der Waals surface area contributed by atoms with E-state index in [1.807, 2.05) is 0 Å². The van der Waals surface area contributed by atoms with E-state index < -0.39 is 0 Å². The maximum absolute atomic E-state index is 2.24. The number of rotatable bonds is 2. The standard InChI is InChI=1S/C15H18N/c1-12(2)13-8-4-5-9-14(13)15-10-6-7-11-16(15)3/h4-12H,1-3H3/q+1. The zero-order valence-electron chi connectivity index (χ0n) is 10.1. The Hall–Kier alpha value is -1.63. The summed E-state index contributed by atoms with van der Waals surface area (Å²) in [6, 6.07) is 14.9. The molecule has 2 aromatic rings. The van der Waals surface area contributed by atoms with Crippen LogP contribution in [0.15, 0.2) is 48.7 Å². The molecular formula is C15H18N+. The Labute approximate surface area is 97.4 Å². The van der Waals surface area contributed by atoms with E-state index in [-0.39, 0.29) is 0 Å². The average Bonchev–Trinajstić information content (AvgIpc) is 2.29. The van der Waals surface area contributed by atoms with Crippen LogP contribution in [-0.4, -0.2) is 0 Å². The lowest BCUT2D eigenvalue weighted by Gasteiger charge is -2.10. The Kier molecular flexibility index (Phi) is 3.04. The van der Waals surface area contributed by atoms with Gasteiger partial charge in [0.05, 0.1) is 0 Å². The van der Waals surface area contributed by atoms with E-state index >= 15 is 0 Å². The molecule has 0 fully saturated rings. The summed E-state index contributed by atoms with van der Waals surface area (Å²) in [5.74, 6) is 0.552. The molecule has 0 N–H and O–H groups in total. The molecule has 0 saturated heterocycles. The van der Waals surface area contributed by atoms with Crippen LogP contribution < -0.4 is 4.57 Å². The number of benzene rings is 1. The maximum Gasteiger partial charge on any atom is 0.212 e. The minimum Gasteiger partial charge on any atom is -0.201 e. The van der Waals surface area contributed by atoms with Crippen molar-refractivity contribution in [3.05, 3.63) is 54.2 Å². The summed E-state index contributed by atoms with van der Waals surface area (Å²) < 4.78 is 2.17. The normalized spacial score (nSPS) is 10.8. The van der Waals surface area contributed by atoms with Crippen molar-refractivity contribution in [2.75, 3.05) is 0 Å². The topological polar surface area (TPSA) is 3.88 Å². The van der Waals surface area contributed by atoms with Gasteiger partial charge in [-0.1, -0.05) is 32.0 Å². The predicted octanol–water partition coefficient (Wildman–Crippen LogP) is 3.30. The zero-order valence-corrected chi connectivity index (χ0v) is 10.1. The molecule has 0 aliphatic rings. The van der Waals surface area contributed by atoms with Gasteiger partial charge in [0, 0.05) is 17.7 Å². The lowest BCUT2D eigenvalue weighted by Crippen LogP contribution is -2.30. The van der Waals surface area contributed by atoms with Crippen LogP contribution in [0.5, 0.6) is 0 Å². The fourth-order valence-electron chi connectivity index (χ4n) is 2.04. The lowest BCUT2D eigenvalue weighted by atomic mass is 9.95. The third-order valence-electron chi connectivity index (χ3n) is 2.91. The summed E-state index contributed by atoms with van der Waals surface area (Å²) in [5.41, 5.74) is 4.01. The van der Waals surface area contributed by atoms with Crippen molar-refractivity contribution in [3.63, 3.8) is 0 Å². The zero-order chi connectivity index (χ0) is 11.5. The van der Waals surface area contributed by atoms with Gasteiger partial charge in [-0.3, -0.25) is 0 Å². The molecule has 0 spiro atoms. The van der Waals surface area contributed by atoms with Gasteiger partial charge in [-0.15, -0.1) is 0 Å². The van der Waals surface area contributed by atoms with Crippen molar-refractivity contribution in [1.29, 1.82) is 0 Å². The number of hydrogen-bond donors (Lipinski definition) is 0. The first-order valence-electron chi connectivity index (χ1n) is 5.74. The minimum atomic E-state index is 0.552. The molecule has 0 unspecified atom stereocenters. The van der Waals surface area contributed by atoms with Crippen molar-refractivity contribution in [2.45, 2.75) is 19.8 Å². The number of aryl methyl sites for hydroxylation is 1. The number of aromatic nitrogens is 1. The van der Waals surface area contributed by atoms with Crippen LogP contribution in [0.25, 0.3) is 11.3 Å². The summed E-state index contributed by atoms with van der Waals surface area (Å²) >= 11 is 0. The van der Waals surface area contributed by atoms with Crippen LogP contribution in [-0.2, 0) is 7.05 Å². The predicted molar refractivity (Wildman–Crippen MR) is 67.1 cm³/mol. The fraction of sp³-hybridized carbons (Fsp3) is 0.267. The highest BCUT2D eigenvalue weighted by Crippen LogP contribution is 2.26. The Morgan fingerprint density at radius 2 is 1.62 bits per heavy atom. The Bertz CT molecular complexity index is 486. The molecule has 1 heteroatoms. The molecule has 1 heterocycles.